The van der Waals surface area contributed by atoms with Gasteiger partial charge in [0, 0.05) is 23.9 Å². The van der Waals surface area contributed by atoms with Crippen molar-refractivity contribution < 1.29 is 13.7 Å². The second-order valence-electron chi connectivity index (χ2n) is 6.17. The number of hydrogen-bond donors (Lipinski definition) is 0. The van der Waals surface area contributed by atoms with E-state index in [-0.39, 0.29) is 11.5 Å². The Morgan fingerprint density at radius 2 is 1.90 bits per heavy atom. The number of aromatic nitrogens is 1. The number of benzene rings is 3. The van der Waals surface area contributed by atoms with Crippen LogP contribution in [0.15, 0.2) is 82.2 Å². The molecule has 0 bridgehead atoms. The number of oxazole rings is 1. The van der Waals surface area contributed by atoms with Crippen molar-refractivity contribution in [2.45, 2.75) is 0 Å². The molecule has 0 aliphatic carbocycles. The first kappa shape index (κ1) is 18.2. The number of allylic oxidation sites excluding steroid dienone is 1. The van der Waals surface area contributed by atoms with Crippen LogP contribution in [-0.4, -0.2) is 16.1 Å². The van der Waals surface area contributed by atoms with Crippen LogP contribution in [0.2, 0.25) is 0 Å². The number of halogens is 1. The van der Waals surface area contributed by atoms with E-state index < -0.39 is 4.92 Å². The molecule has 1 aromatic heterocycles. The summed E-state index contributed by atoms with van der Waals surface area (Å²) in [6.45, 7) is 0. The van der Waals surface area contributed by atoms with E-state index in [4.69, 9.17) is 4.42 Å². The highest BCUT2D eigenvalue weighted by Gasteiger charge is 2.08. The molecule has 4 rings (SSSR count). The van der Waals surface area contributed by atoms with Gasteiger partial charge in [-0.15, -0.1) is 0 Å². The first-order valence-electron chi connectivity index (χ1n) is 8.70. The van der Waals surface area contributed by atoms with Gasteiger partial charge in [0.05, 0.1) is 10.6 Å². The van der Waals surface area contributed by atoms with Crippen LogP contribution in [-0.2, 0) is 0 Å². The first-order chi connectivity index (χ1) is 14.1. The van der Waals surface area contributed by atoms with Crippen LogP contribution in [0.25, 0.3) is 28.6 Å². The molecule has 3 aromatic carbocycles. The summed E-state index contributed by atoms with van der Waals surface area (Å²) in [5, 5.41) is 10.8. The van der Waals surface area contributed by atoms with Gasteiger partial charge in [-0.05, 0) is 54.1 Å². The highest BCUT2D eigenvalue weighted by Crippen LogP contribution is 2.27. The fourth-order valence-electron chi connectivity index (χ4n) is 2.74. The second kappa shape index (κ2) is 7.85. The van der Waals surface area contributed by atoms with Gasteiger partial charge >= 0.3 is 0 Å². The summed E-state index contributed by atoms with van der Waals surface area (Å²) in [7, 11) is 0. The normalized spacial score (nSPS) is 11.6. The molecule has 29 heavy (non-hydrogen) atoms. The fourth-order valence-corrected chi connectivity index (χ4v) is 2.74. The number of hydrogen-bond acceptors (Lipinski definition) is 5. The third-order valence-corrected chi connectivity index (χ3v) is 4.14. The summed E-state index contributed by atoms with van der Waals surface area (Å²) >= 11 is 0. The van der Waals surface area contributed by atoms with E-state index in [0.29, 0.717) is 33.8 Å². The topological polar surface area (TPSA) is 81.5 Å². The number of nitro groups is 1. The lowest BCUT2D eigenvalue weighted by atomic mass is 10.2. The molecule has 0 spiro atoms. The predicted molar refractivity (Wildman–Crippen MR) is 110 cm³/mol. The van der Waals surface area contributed by atoms with Crippen LogP contribution in [0.4, 0.5) is 15.8 Å². The van der Waals surface area contributed by atoms with Gasteiger partial charge in [0.1, 0.15) is 11.3 Å². The van der Waals surface area contributed by atoms with Gasteiger partial charge in [-0.2, -0.15) is 0 Å². The predicted octanol–water partition coefficient (Wildman–Crippen LogP) is 5.96. The SMILES string of the molecule is O=[N+]([O-])c1cccc(C=CC=Nc2ccc3oc(-c4ccc(F)cc4)nc3c2)c1. The summed E-state index contributed by atoms with van der Waals surface area (Å²) < 4.78 is 18.8. The fraction of sp³-hybridized carbons (Fsp3) is 0. The Kier molecular flexibility index (Phi) is 4.94. The molecular formula is C22H14FN3O3. The van der Waals surface area contributed by atoms with Gasteiger partial charge in [0.15, 0.2) is 5.58 Å². The third kappa shape index (κ3) is 4.24. The summed E-state index contributed by atoms with van der Waals surface area (Å²) in [6.07, 6.45) is 5.04. The summed E-state index contributed by atoms with van der Waals surface area (Å²) in [4.78, 5) is 19.2. The van der Waals surface area contributed by atoms with Crippen molar-refractivity contribution in [1.82, 2.24) is 4.98 Å². The van der Waals surface area contributed by atoms with Gasteiger partial charge in [-0.3, -0.25) is 15.1 Å². The molecule has 0 aliphatic rings. The maximum Gasteiger partial charge on any atom is 0.270 e. The van der Waals surface area contributed by atoms with E-state index in [1.54, 1.807) is 60.8 Å². The highest BCUT2D eigenvalue weighted by molar-refractivity contribution is 5.84. The third-order valence-electron chi connectivity index (χ3n) is 4.14. The Hall–Kier alpha value is -4.13. The molecule has 0 atom stereocenters. The summed E-state index contributed by atoms with van der Waals surface area (Å²) in [5.74, 6) is 0.0892. The molecule has 0 saturated carbocycles. The quantitative estimate of drug-likeness (QED) is 0.240. The largest absolute Gasteiger partial charge is 0.436 e. The van der Waals surface area contributed by atoms with Gasteiger partial charge < -0.3 is 4.42 Å². The van der Waals surface area contributed by atoms with E-state index in [9.17, 15) is 14.5 Å². The van der Waals surface area contributed by atoms with Crippen LogP contribution >= 0.6 is 0 Å². The molecule has 7 heteroatoms. The Balaban J connectivity index is 1.51. The molecule has 142 valence electrons. The summed E-state index contributed by atoms with van der Waals surface area (Å²) in [5.41, 5.74) is 3.36. The first-order valence-corrected chi connectivity index (χ1v) is 8.70. The van der Waals surface area contributed by atoms with Crippen LogP contribution in [0.5, 0.6) is 0 Å². The molecular weight excluding hydrogens is 373 g/mol. The van der Waals surface area contributed by atoms with Crippen molar-refractivity contribution in [3.63, 3.8) is 0 Å². The van der Waals surface area contributed by atoms with Gasteiger partial charge in [-0.25, -0.2) is 9.37 Å². The van der Waals surface area contributed by atoms with E-state index in [0.717, 1.165) is 0 Å². The minimum absolute atomic E-state index is 0.0394. The average molecular weight is 387 g/mol. The maximum atomic E-state index is 13.1. The smallest absolute Gasteiger partial charge is 0.270 e. The number of rotatable bonds is 5. The van der Waals surface area contributed by atoms with Crippen molar-refractivity contribution in [2.75, 3.05) is 0 Å². The number of aliphatic imine (C=N–C) groups is 1. The number of nitrogens with zero attached hydrogens (tertiary/aromatic N) is 3. The van der Waals surface area contributed by atoms with Crippen LogP contribution in [0.3, 0.4) is 0 Å². The maximum absolute atomic E-state index is 13.1. The van der Waals surface area contributed by atoms with E-state index >= 15 is 0 Å². The molecule has 0 saturated heterocycles. The van der Waals surface area contributed by atoms with Crippen molar-refractivity contribution in [2.24, 2.45) is 4.99 Å². The Morgan fingerprint density at radius 1 is 1.07 bits per heavy atom. The zero-order chi connectivity index (χ0) is 20.2. The lowest BCUT2D eigenvalue weighted by Crippen LogP contribution is -1.87. The molecule has 0 unspecified atom stereocenters. The van der Waals surface area contributed by atoms with Crippen LogP contribution in [0.1, 0.15) is 5.56 Å². The van der Waals surface area contributed by atoms with Crippen LogP contribution < -0.4 is 0 Å². The van der Waals surface area contributed by atoms with E-state index in [2.05, 4.69) is 9.98 Å². The van der Waals surface area contributed by atoms with Crippen LogP contribution in [0, 0.1) is 15.9 Å². The Bertz CT molecular complexity index is 1240. The summed E-state index contributed by atoms with van der Waals surface area (Å²) in [6, 6.07) is 17.6. The van der Waals surface area contributed by atoms with Gasteiger partial charge in [0.2, 0.25) is 5.89 Å². The second-order valence-corrected chi connectivity index (χ2v) is 6.17. The van der Waals surface area contributed by atoms with Crippen molar-refractivity contribution in [3.05, 3.63) is 94.3 Å². The molecule has 6 nitrogen and oxygen atoms in total. The molecule has 4 aromatic rings. The lowest BCUT2D eigenvalue weighted by molar-refractivity contribution is -0.384. The zero-order valence-electron chi connectivity index (χ0n) is 15.0. The molecule has 0 radical (unpaired) electrons. The minimum atomic E-state index is -0.432. The van der Waals surface area contributed by atoms with Crippen molar-refractivity contribution in [1.29, 1.82) is 0 Å². The molecule has 0 aliphatic heterocycles. The standard InChI is InChI=1S/C22H14FN3O3/c23-17-8-6-16(7-9-17)22-25-20-14-18(10-11-21(20)29-22)24-12-2-4-15-3-1-5-19(13-15)26(27)28/h1-14H. The molecule has 0 fully saturated rings. The minimum Gasteiger partial charge on any atom is -0.436 e. The average Bonchev–Trinajstić information content (AvgIpc) is 3.15. The van der Waals surface area contributed by atoms with Crippen molar-refractivity contribution in [3.8, 4) is 11.5 Å². The number of nitro benzene ring substituents is 1. The molecule has 0 amide bonds. The number of fused-ring (bicyclic) bond motifs is 1. The Morgan fingerprint density at radius 3 is 2.69 bits per heavy atom. The zero-order valence-corrected chi connectivity index (χ0v) is 15.0. The monoisotopic (exact) mass is 387 g/mol. The van der Waals surface area contributed by atoms with E-state index in [1.807, 2.05) is 0 Å². The highest BCUT2D eigenvalue weighted by atomic mass is 19.1. The van der Waals surface area contributed by atoms with Crippen molar-refractivity contribution >= 4 is 34.8 Å². The molecule has 0 N–H and O–H groups in total. The van der Waals surface area contributed by atoms with Gasteiger partial charge in [-0.1, -0.05) is 18.2 Å². The lowest BCUT2D eigenvalue weighted by Gasteiger charge is -1.93. The number of non-ortho nitro benzene ring substituents is 1. The van der Waals surface area contributed by atoms with E-state index in [1.165, 1.54) is 24.3 Å². The molecule has 1 heterocycles. The Labute approximate surface area is 164 Å². The van der Waals surface area contributed by atoms with Gasteiger partial charge in [0.25, 0.3) is 5.69 Å².